The lowest BCUT2D eigenvalue weighted by atomic mass is 9.91. The minimum Gasteiger partial charge on any atom is -0.396 e. The van der Waals surface area contributed by atoms with E-state index in [4.69, 9.17) is 9.63 Å². The third-order valence-corrected chi connectivity index (χ3v) is 3.21. The number of rotatable bonds is 3. The van der Waals surface area contributed by atoms with Gasteiger partial charge in [0.1, 0.15) is 0 Å². The van der Waals surface area contributed by atoms with E-state index < -0.39 is 0 Å². The molecule has 0 bridgehead atoms. The fourth-order valence-corrected chi connectivity index (χ4v) is 2.33. The molecule has 1 atom stereocenters. The van der Waals surface area contributed by atoms with Crippen LogP contribution in [0.25, 0.3) is 0 Å². The number of aliphatic hydroxyl groups excluding tert-OH is 1. The molecule has 0 spiro atoms. The SMILES string of the molecule is OCCc1noc(C2CNCc3ccccc32)n1. The van der Waals surface area contributed by atoms with E-state index in [1.165, 1.54) is 11.1 Å². The van der Waals surface area contributed by atoms with Gasteiger partial charge < -0.3 is 14.9 Å². The molecule has 1 unspecified atom stereocenters. The highest BCUT2D eigenvalue weighted by Crippen LogP contribution is 2.28. The summed E-state index contributed by atoms with van der Waals surface area (Å²) >= 11 is 0. The van der Waals surface area contributed by atoms with Crippen molar-refractivity contribution in [2.45, 2.75) is 18.9 Å². The molecule has 0 saturated heterocycles. The number of aromatic nitrogens is 2. The quantitative estimate of drug-likeness (QED) is 0.838. The lowest BCUT2D eigenvalue weighted by molar-refractivity contribution is 0.292. The van der Waals surface area contributed by atoms with Crippen LogP contribution in [0.4, 0.5) is 0 Å². The second kappa shape index (κ2) is 4.88. The Morgan fingerprint density at radius 1 is 1.39 bits per heavy atom. The average Bonchev–Trinajstić information content (AvgIpc) is 2.87. The van der Waals surface area contributed by atoms with Gasteiger partial charge in [-0.3, -0.25) is 0 Å². The highest BCUT2D eigenvalue weighted by molar-refractivity contribution is 5.35. The van der Waals surface area contributed by atoms with Gasteiger partial charge >= 0.3 is 0 Å². The van der Waals surface area contributed by atoms with Crippen molar-refractivity contribution in [1.82, 2.24) is 15.5 Å². The summed E-state index contributed by atoms with van der Waals surface area (Å²) in [4.78, 5) is 4.34. The van der Waals surface area contributed by atoms with Gasteiger partial charge in [-0.15, -0.1) is 0 Å². The normalized spacial score (nSPS) is 18.6. The fourth-order valence-electron chi connectivity index (χ4n) is 2.33. The van der Waals surface area contributed by atoms with Gasteiger partial charge in [-0.05, 0) is 11.1 Å². The maximum Gasteiger partial charge on any atom is 0.235 e. The monoisotopic (exact) mass is 245 g/mol. The van der Waals surface area contributed by atoms with Crippen molar-refractivity contribution in [2.24, 2.45) is 0 Å². The summed E-state index contributed by atoms with van der Waals surface area (Å²) in [6.45, 7) is 1.72. The molecule has 5 nitrogen and oxygen atoms in total. The molecule has 2 N–H and O–H groups in total. The Morgan fingerprint density at radius 3 is 3.17 bits per heavy atom. The maximum absolute atomic E-state index is 8.86. The Kier molecular flexibility index (Phi) is 3.08. The van der Waals surface area contributed by atoms with Crippen molar-refractivity contribution in [3.05, 3.63) is 47.1 Å². The molecule has 0 saturated carbocycles. The van der Waals surface area contributed by atoms with Gasteiger partial charge in [0.25, 0.3) is 0 Å². The molecule has 1 aromatic carbocycles. The van der Waals surface area contributed by atoms with E-state index in [1.807, 2.05) is 12.1 Å². The van der Waals surface area contributed by atoms with Crippen LogP contribution in [0, 0.1) is 0 Å². The van der Waals surface area contributed by atoms with Gasteiger partial charge in [0, 0.05) is 19.5 Å². The smallest absolute Gasteiger partial charge is 0.235 e. The Bertz CT molecular complexity index is 539. The second-order valence-electron chi connectivity index (χ2n) is 4.40. The third kappa shape index (κ3) is 2.02. The molecule has 5 heteroatoms. The Balaban J connectivity index is 1.92. The van der Waals surface area contributed by atoms with Crippen LogP contribution in [0.3, 0.4) is 0 Å². The van der Waals surface area contributed by atoms with Crippen molar-refractivity contribution >= 4 is 0 Å². The van der Waals surface area contributed by atoms with E-state index in [9.17, 15) is 0 Å². The lowest BCUT2D eigenvalue weighted by Gasteiger charge is -2.23. The lowest BCUT2D eigenvalue weighted by Crippen LogP contribution is -2.28. The van der Waals surface area contributed by atoms with Gasteiger partial charge in [0.05, 0.1) is 12.5 Å². The van der Waals surface area contributed by atoms with Crippen molar-refractivity contribution in [3.8, 4) is 0 Å². The number of hydrogen-bond acceptors (Lipinski definition) is 5. The largest absolute Gasteiger partial charge is 0.396 e. The number of hydrogen-bond donors (Lipinski definition) is 2. The summed E-state index contributed by atoms with van der Waals surface area (Å²) in [7, 11) is 0. The second-order valence-corrected chi connectivity index (χ2v) is 4.40. The zero-order valence-corrected chi connectivity index (χ0v) is 9.97. The van der Waals surface area contributed by atoms with E-state index in [0.717, 1.165) is 13.1 Å². The zero-order valence-electron chi connectivity index (χ0n) is 9.97. The molecule has 94 valence electrons. The molecular formula is C13H15N3O2. The van der Waals surface area contributed by atoms with Crippen LogP contribution in [0.2, 0.25) is 0 Å². The summed E-state index contributed by atoms with van der Waals surface area (Å²) in [5.41, 5.74) is 2.52. The molecule has 0 radical (unpaired) electrons. The third-order valence-electron chi connectivity index (χ3n) is 3.21. The summed E-state index contributed by atoms with van der Waals surface area (Å²) in [5, 5.41) is 16.1. The molecule has 2 heterocycles. The highest BCUT2D eigenvalue weighted by atomic mass is 16.5. The molecule has 1 aliphatic rings. The summed E-state index contributed by atoms with van der Waals surface area (Å²) < 4.78 is 5.30. The molecule has 3 rings (SSSR count). The molecule has 18 heavy (non-hydrogen) atoms. The minimum absolute atomic E-state index is 0.0402. The van der Waals surface area contributed by atoms with Crippen LogP contribution in [-0.2, 0) is 13.0 Å². The summed E-state index contributed by atoms with van der Waals surface area (Å²) in [6, 6.07) is 8.28. The van der Waals surface area contributed by atoms with Gasteiger partial charge in [0.15, 0.2) is 5.82 Å². The molecule has 0 amide bonds. The Labute approximate surface area is 105 Å². The maximum atomic E-state index is 8.86. The van der Waals surface area contributed by atoms with Crippen LogP contribution in [0.15, 0.2) is 28.8 Å². The first-order valence-corrected chi connectivity index (χ1v) is 6.10. The Hall–Kier alpha value is -1.72. The number of aliphatic hydroxyl groups is 1. The van der Waals surface area contributed by atoms with E-state index in [2.05, 4.69) is 27.6 Å². The standard InChI is InChI=1S/C13H15N3O2/c17-6-5-12-15-13(18-16-12)11-8-14-7-9-3-1-2-4-10(9)11/h1-4,11,14,17H,5-8H2. The van der Waals surface area contributed by atoms with Crippen LogP contribution < -0.4 is 5.32 Å². The highest BCUT2D eigenvalue weighted by Gasteiger charge is 2.25. The molecule has 1 aliphatic heterocycles. The van der Waals surface area contributed by atoms with Crippen LogP contribution in [-0.4, -0.2) is 28.4 Å². The van der Waals surface area contributed by atoms with Crippen molar-refractivity contribution in [2.75, 3.05) is 13.2 Å². The van der Waals surface area contributed by atoms with Crippen LogP contribution in [0.1, 0.15) is 28.8 Å². The average molecular weight is 245 g/mol. The molecule has 0 aliphatic carbocycles. The number of nitrogens with one attached hydrogen (secondary N) is 1. The van der Waals surface area contributed by atoms with Crippen molar-refractivity contribution in [1.29, 1.82) is 0 Å². The van der Waals surface area contributed by atoms with Crippen LogP contribution >= 0.6 is 0 Å². The van der Waals surface area contributed by atoms with E-state index in [0.29, 0.717) is 18.1 Å². The molecular weight excluding hydrogens is 230 g/mol. The van der Waals surface area contributed by atoms with Gasteiger partial charge in [-0.2, -0.15) is 4.98 Å². The molecule has 1 aromatic heterocycles. The molecule has 0 fully saturated rings. The first-order chi connectivity index (χ1) is 8.88. The first-order valence-electron chi connectivity index (χ1n) is 6.10. The topological polar surface area (TPSA) is 71.2 Å². The van der Waals surface area contributed by atoms with E-state index in [-0.39, 0.29) is 12.5 Å². The number of fused-ring (bicyclic) bond motifs is 1. The fraction of sp³-hybridized carbons (Fsp3) is 0.385. The van der Waals surface area contributed by atoms with E-state index >= 15 is 0 Å². The predicted molar refractivity (Wildman–Crippen MR) is 65.1 cm³/mol. The minimum atomic E-state index is 0.0402. The predicted octanol–water partition coefficient (Wildman–Crippen LogP) is 0.839. The summed E-state index contributed by atoms with van der Waals surface area (Å²) in [6.07, 6.45) is 0.436. The van der Waals surface area contributed by atoms with Gasteiger partial charge in [-0.25, -0.2) is 0 Å². The van der Waals surface area contributed by atoms with E-state index in [1.54, 1.807) is 0 Å². The first kappa shape index (κ1) is 11.4. The number of benzene rings is 1. The Morgan fingerprint density at radius 2 is 2.28 bits per heavy atom. The zero-order chi connectivity index (χ0) is 12.4. The van der Waals surface area contributed by atoms with Crippen molar-refractivity contribution in [3.63, 3.8) is 0 Å². The summed E-state index contributed by atoms with van der Waals surface area (Å²) in [5.74, 6) is 1.29. The number of nitrogens with zero attached hydrogens (tertiary/aromatic N) is 2. The van der Waals surface area contributed by atoms with Gasteiger partial charge in [0.2, 0.25) is 5.89 Å². The van der Waals surface area contributed by atoms with Crippen molar-refractivity contribution < 1.29 is 9.63 Å². The van der Waals surface area contributed by atoms with Gasteiger partial charge in [-0.1, -0.05) is 29.4 Å². The van der Waals surface area contributed by atoms with Crippen LogP contribution in [0.5, 0.6) is 0 Å². The molecule has 2 aromatic rings.